The van der Waals surface area contributed by atoms with Gasteiger partial charge in [0.05, 0.1) is 28.3 Å². The fourth-order valence-electron chi connectivity index (χ4n) is 4.17. The summed E-state index contributed by atoms with van der Waals surface area (Å²) in [5.74, 6) is -0.374. The zero-order valence-corrected chi connectivity index (χ0v) is 23.2. The largest absolute Gasteiger partial charge is 0.397 e. The minimum absolute atomic E-state index is 0.133. The summed E-state index contributed by atoms with van der Waals surface area (Å²) in [6, 6.07) is 17.9. The lowest BCUT2D eigenvalue weighted by Crippen LogP contribution is -2.31. The van der Waals surface area contributed by atoms with E-state index in [0.717, 1.165) is 35.0 Å². The highest BCUT2D eigenvalue weighted by atomic mass is 32.1. The van der Waals surface area contributed by atoms with E-state index in [1.54, 1.807) is 36.5 Å². The highest BCUT2D eigenvalue weighted by molar-refractivity contribution is 7.14. The molecule has 0 fully saturated rings. The Balaban J connectivity index is 1.30. The summed E-state index contributed by atoms with van der Waals surface area (Å²) in [5, 5.41) is 11.7. The van der Waals surface area contributed by atoms with Crippen molar-refractivity contribution in [1.29, 1.82) is 0 Å². The third-order valence-electron chi connectivity index (χ3n) is 6.25. The predicted octanol–water partition coefficient (Wildman–Crippen LogP) is 4.64. The first-order valence-electron chi connectivity index (χ1n) is 12.7. The number of fused-ring (bicyclic) bond motifs is 1. The number of carbonyl (C=O) groups excluding carboxylic acids is 2. The van der Waals surface area contributed by atoms with Gasteiger partial charge in [0, 0.05) is 35.9 Å². The van der Waals surface area contributed by atoms with Crippen molar-refractivity contribution in [2.75, 3.05) is 43.6 Å². The van der Waals surface area contributed by atoms with Crippen LogP contribution in [0.3, 0.4) is 0 Å². The van der Waals surface area contributed by atoms with Gasteiger partial charge in [0.15, 0.2) is 5.13 Å². The molecular weight excluding hydrogens is 524 g/mol. The molecule has 0 bridgehead atoms. The average Bonchev–Trinajstić information content (AvgIpc) is 3.52. The maximum absolute atomic E-state index is 12.7. The van der Waals surface area contributed by atoms with Crippen LogP contribution in [0.15, 0.2) is 72.2 Å². The van der Waals surface area contributed by atoms with Crippen LogP contribution in [0.1, 0.15) is 26.4 Å². The van der Waals surface area contributed by atoms with E-state index in [2.05, 4.69) is 20.9 Å². The number of imidazole rings is 1. The van der Waals surface area contributed by atoms with Gasteiger partial charge in [0.2, 0.25) is 0 Å². The van der Waals surface area contributed by atoms with Crippen molar-refractivity contribution in [3.8, 4) is 11.4 Å². The molecule has 0 aliphatic rings. The second kappa shape index (κ2) is 11.6. The Morgan fingerprint density at radius 2 is 1.73 bits per heavy atom. The highest BCUT2D eigenvalue weighted by Crippen LogP contribution is 2.30. The second-order valence-corrected chi connectivity index (χ2v) is 10.4. The van der Waals surface area contributed by atoms with Crippen LogP contribution in [0.2, 0.25) is 0 Å². The summed E-state index contributed by atoms with van der Waals surface area (Å²) in [6.45, 7) is 3.25. The van der Waals surface area contributed by atoms with Crippen molar-refractivity contribution in [3.63, 3.8) is 0 Å². The first kappa shape index (κ1) is 26.9. The Hall–Kier alpha value is -4.74. The SMILES string of the molecule is Cc1nc2ccc(C(=O)NCCN(C)C)cn2c1-c1csc(Nc2ccc(C(=O)Nc3ccccc3N)cc2)n1. The number of rotatable bonds is 9. The van der Waals surface area contributed by atoms with E-state index >= 15 is 0 Å². The van der Waals surface area contributed by atoms with Crippen LogP contribution >= 0.6 is 11.3 Å². The number of likely N-dealkylation sites (N-methyl/N-ethyl adjacent to an activating group) is 1. The summed E-state index contributed by atoms with van der Waals surface area (Å²) >= 11 is 1.46. The molecular formula is C29H30N8O2S. The molecule has 0 saturated carbocycles. The molecule has 0 radical (unpaired) electrons. The first-order chi connectivity index (χ1) is 19.3. The smallest absolute Gasteiger partial charge is 0.255 e. The standard InChI is InChI=1S/C29H30N8O2S/c1-18-26(37-16-20(10-13-25(37)32-18)27(38)31-14-15-36(2)3)24-17-40-29(35-24)33-21-11-8-19(9-12-21)28(39)34-23-7-5-4-6-22(23)30/h4-13,16-17H,14-15,30H2,1-3H3,(H,31,38)(H,33,35)(H,34,39). The van der Waals surface area contributed by atoms with Crippen molar-refractivity contribution in [2.24, 2.45) is 0 Å². The van der Waals surface area contributed by atoms with Gasteiger partial charge < -0.3 is 26.6 Å². The van der Waals surface area contributed by atoms with Crippen molar-refractivity contribution >= 4 is 51.0 Å². The van der Waals surface area contributed by atoms with E-state index in [1.807, 2.05) is 66.0 Å². The monoisotopic (exact) mass is 554 g/mol. The molecule has 10 nitrogen and oxygen atoms in total. The maximum Gasteiger partial charge on any atom is 0.255 e. The molecule has 0 atom stereocenters. The third-order valence-corrected chi connectivity index (χ3v) is 7.01. The fourth-order valence-corrected chi connectivity index (χ4v) is 4.89. The van der Waals surface area contributed by atoms with Crippen molar-refractivity contribution in [1.82, 2.24) is 24.6 Å². The van der Waals surface area contributed by atoms with Gasteiger partial charge >= 0.3 is 0 Å². The lowest BCUT2D eigenvalue weighted by atomic mass is 10.2. The second-order valence-electron chi connectivity index (χ2n) is 9.53. The molecule has 2 aromatic carbocycles. The van der Waals surface area contributed by atoms with Crippen LogP contribution in [0.25, 0.3) is 17.0 Å². The number of pyridine rings is 1. The van der Waals surface area contributed by atoms with Gasteiger partial charge in [0.25, 0.3) is 11.8 Å². The summed E-state index contributed by atoms with van der Waals surface area (Å²) in [4.78, 5) is 36.8. The number of hydrogen-bond acceptors (Lipinski definition) is 8. The number of nitrogens with one attached hydrogen (secondary N) is 3. The zero-order valence-electron chi connectivity index (χ0n) is 22.4. The normalized spacial score (nSPS) is 11.1. The van der Waals surface area contributed by atoms with E-state index < -0.39 is 0 Å². The number of carbonyl (C=O) groups is 2. The number of benzene rings is 2. The third kappa shape index (κ3) is 5.95. The van der Waals surface area contributed by atoms with Gasteiger partial charge in [-0.05, 0) is 69.6 Å². The molecule has 40 heavy (non-hydrogen) atoms. The molecule has 5 rings (SSSR count). The Labute approximate surface area is 235 Å². The Bertz CT molecular complexity index is 1670. The van der Waals surface area contributed by atoms with Crippen LogP contribution < -0.4 is 21.7 Å². The minimum Gasteiger partial charge on any atom is -0.397 e. The van der Waals surface area contributed by atoms with E-state index in [9.17, 15) is 9.59 Å². The summed E-state index contributed by atoms with van der Waals surface area (Å²) < 4.78 is 1.90. The van der Waals surface area contributed by atoms with Crippen LogP contribution in [-0.4, -0.2) is 58.3 Å². The molecule has 0 aliphatic carbocycles. The van der Waals surface area contributed by atoms with E-state index in [0.29, 0.717) is 34.2 Å². The van der Waals surface area contributed by atoms with E-state index in [-0.39, 0.29) is 11.8 Å². The topological polar surface area (TPSA) is 130 Å². The van der Waals surface area contributed by atoms with Crippen LogP contribution in [0.4, 0.5) is 22.2 Å². The van der Waals surface area contributed by atoms with Crippen LogP contribution in [-0.2, 0) is 0 Å². The number of aromatic nitrogens is 3. The average molecular weight is 555 g/mol. The quantitative estimate of drug-likeness (QED) is 0.195. The zero-order chi connectivity index (χ0) is 28.2. The van der Waals surface area contributed by atoms with Crippen LogP contribution in [0, 0.1) is 6.92 Å². The number of thiazole rings is 1. The van der Waals surface area contributed by atoms with Crippen LogP contribution in [0.5, 0.6) is 0 Å². The van der Waals surface area contributed by atoms with Crippen molar-refractivity contribution < 1.29 is 9.59 Å². The fraction of sp³-hybridized carbons (Fsp3) is 0.172. The predicted molar refractivity (Wildman–Crippen MR) is 160 cm³/mol. The van der Waals surface area contributed by atoms with E-state index in [4.69, 9.17) is 10.7 Å². The van der Waals surface area contributed by atoms with Gasteiger partial charge in [-0.25, -0.2) is 9.97 Å². The minimum atomic E-state index is -0.241. The van der Waals surface area contributed by atoms with Gasteiger partial charge in [-0.1, -0.05) is 12.1 Å². The number of nitrogen functional groups attached to an aromatic ring is 1. The van der Waals surface area contributed by atoms with Crippen molar-refractivity contribution in [3.05, 3.63) is 89.1 Å². The van der Waals surface area contributed by atoms with Gasteiger partial charge in [-0.3, -0.25) is 14.0 Å². The summed E-state index contributed by atoms with van der Waals surface area (Å²) in [7, 11) is 3.93. The Morgan fingerprint density at radius 1 is 0.975 bits per heavy atom. The number of nitrogens with zero attached hydrogens (tertiary/aromatic N) is 4. The van der Waals surface area contributed by atoms with Gasteiger partial charge in [-0.15, -0.1) is 11.3 Å². The molecule has 204 valence electrons. The number of anilines is 4. The number of para-hydroxylation sites is 2. The lowest BCUT2D eigenvalue weighted by molar-refractivity contribution is 0.0949. The van der Waals surface area contributed by atoms with Gasteiger partial charge in [-0.2, -0.15) is 0 Å². The molecule has 3 aromatic heterocycles. The molecule has 11 heteroatoms. The molecule has 0 unspecified atom stereocenters. The van der Waals surface area contributed by atoms with E-state index in [1.165, 1.54) is 11.3 Å². The Kier molecular flexibility index (Phi) is 7.76. The lowest BCUT2D eigenvalue weighted by Gasteiger charge is -2.10. The maximum atomic E-state index is 12.7. The number of hydrogen-bond donors (Lipinski definition) is 4. The number of nitrogens with two attached hydrogens (primary N) is 1. The van der Waals surface area contributed by atoms with Gasteiger partial charge in [0.1, 0.15) is 11.3 Å². The molecule has 3 heterocycles. The highest BCUT2D eigenvalue weighted by Gasteiger charge is 2.17. The molecule has 0 spiro atoms. The number of aryl methyl sites for hydroxylation is 1. The number of amides is 2. The summed E-state index contributed by atoms with van der Waals surface area (Å²) in [5.41, 5.74) is 12.0. The molecule has 0 saturated heterocycles. The van der Waals surface area contributed by atoms with Crippen molar-refractivity contribution in [2.45, 2.75) is 6.92 Å². The molecule has 2 amide bonds. The summed E-state index contributed by atoms with van der Waals surface area (Å²) in [6.07, 6.45) is 1.80. The Morgan fingerprint density at radius 3 is 2.48 bits per heavy atom. The molecule has 5 aromatic rings. The first-order valence-corrected chi connectivity index (χ1v) is 13.6. The molecule has 0 aliphatic heterocycles. The molecule has 5 N–H and O–H groups in total.